The van der Waals surface area contributed by atoms with Gasteiger partial charge in [-0.05, 0) is 68.8 Å². The Morgan fingerprint density at radius 1 is 1.13 bits per heavy atom. The van der Waals surface area contributed by atoms with Crippen LogP contribution >= 0.6 is 0 Å². The lowest BCUT2D eigenvalue weighted by molar-refractivity contribution is -0.198. The molecule has 164 valence electrons. The van der Waals surface area contributed by atoms with Crippen LogP contribution in [0.3, 0.4) is 0 Å². The number of rotatable bonds is 7. The molecule has 2 atom stereocenters. The van der Waals surface area contributed by atoms with E-state index >= 15 is 0 Å². The molecule has 1 aliphatic carbocycles. The Morgan fingerprint density at radius 2 is 2.00 bits per heavy atom. The lowest BCUT2D eigenvalue weighted by Gasteiger charge is -2.37. The van der Waals surface area contributed by atoms with E-state index in [1.54, 1.807) is 12.3 Å². The molecule has 1 unspecified atom stereocenters. The molecule has 7 nitrogen and oxygen atoms in total. The van der Waals surface area contributed by atoms with Crippen LogP contribution in [0.1, 0.15) is 63.4 Å². The average Bonchev–Trinajstić information content (AvgIpc) is 3.33. The van der Waals surface area contributed by atoms with Crippen LogP contribution in [0.25, 0.3) is 6.08 Å². The van der Waals surface area contributed by atoms with Gasteiger partial charge in [0.2, 0.25) is 0 Å². The molecule has 7 heteroatoms. The summed E-state index contributed by atoms with van der Waals surface area (Å²) in [5.74, 6) is 0.591. The Labute approximate surface area is 179 Å². The van der Waals surface area contributed by atoms with Crippen molar-refractivity contribution in [2.24, 2.45) is 0 Å². The molecule has 1 aromatic rings. The van der Waals surface area contributed by atoms with Crippen LogP contribution in [0, 0.1) is 0 Å². The van der Waals surface area contributed by atoms with Crippen molar-refractivity contribution in [2.75, 3.05) is 25.0 Å². The van der Waals surface area contributed by atoms with Gasteiger partial charge >= 0.3 is 0 Å². The minimum atomic E-state index is -0.340. The Morgan fingerprint density at radius 3 is 2.77 bits per heavy atom. The summed E-state index contributed by atoms with van der Waals surface area (Å²) >= 11 is 0. The van der Waals surface area contributed by atoms with Crippen molar-refractivity contribution in [1.82, 2.24) is 15.4 Å². The summed E-state index contributed by atoms with van der Waals surface area (Å²) in [6.07, 6.45) is 15.5. The number of anilines is 1. The molecule has 0 spiro atoms. The van der Waals surface area contributed by atoms with Crippen LogP contribution in [0.5, 0.6) is 0 Å². The van der Waals surface area contributed by atoms with Gasteiger partial charge in [0.25, 0.3) is 5.91 Å². The fraction of sp³-hybridized carbons (Fsp3) is 0.652. The molecule has 2 saturated heterocycles. The summed E-state index contributed by atoms with van der Waals surface area (Å²) in [7, 11) is 0. The van der Waals surface area contributed by atoms with Gasteiger partial charge in [-0.15, -0.1) is 0 Å². The van der Waals surface area contributed by atoms with E-state index in [4.69, 9.17) is 9.57 Å². The third kappa shape index (κ3) is 6.27. The van der Waals surface area contributed by atoms with E-state index in [9.17, 15) is 4.79 Å². The van der Waals surface area contributed by atoms with Crippen LogP contribution in [0.15, 0.2) is 24.4 Å². The molecule has 0 radical (unpaired) electrons. The molecule has 1 amide bonds. The van der Waals surface area contributed by atoms with E-state index in [1.807, 2.05) is 12.1 Å². The highest BCUT2D eigenvalue weighted by Gasteiger charge is 2.27. The van der Waals surface area contributed by atoms with Gasteiger partial charge in [-0.25, -0.2) is 15.3 Å². The summed E-state index contributed by atoms with van der Waals surface area (Å²) < 4.78 is 5.42. The molecule has 0 aromatic carbocycles. The van der Waals surface area contributed by atoms with Crippen LogP contribution in [0.2, 0.25) is 0 Å². The van der Waals surface area contributed by atoms with Crippen LogP contribution < -0.4 is 10.8 Å². The highest BCUT2D eigenvalue weighted by molar-refractivity contribution is 5.90. The standard InChI is InChI=1S/C23H34N4O3/c28-22(26-30-23-9-3-4-15-29-23)13-11-18-10-12-21(24-16-18)25-19-6-5-14-27(17-19)20-7-1-2-8-20/h10-13,16,19-20,23H,1-9,14-15,17H2,(H,24,25)(H,26,28)/t19-,23?/m1/s1. The number of hydrogen-bond acceptors (Lipinski definition) is 6. The Hall–Kier alpha value is -1.96. The number of likely N-dealkylation sites (tertiary alicyclic amines) is 1. The third-order valence-electron chi connectivity index (χ3n) is 6.29. The molecule has 4 rings (SSSR count). The maximum Gasteiger partial charge on any atom is 0.267 e. The van der Waals surface area contributed by atoms with E-state index in [0.29, 0.717) is 12.6 Å². The SMILES string of the molecule is O=C(C=Cc1ccc(N[C@@H]2CCCN(C3CCCC3)C2)nc1)NOC1CCCCO1. The number of hydroxylamine groups is 1. The maximum absolute atomic E-state index is 11.9. The van der Waals surface area contributed by atoms with Crippen molar-refractivity contribution in [3.8, 4) is 0 Å². The number of pyridine rings is 1. The van der Waals surface area contributed by atoms with Crippen LogP contribution in [-0.2, 0) is 14.4 Å². The molecule has 30 heavy (non-hydrogen) atoms. The zero-order valence-electron chi connectivity index (χ0n) is 17.7. The summed E-state index contributed by atoms with van der Waals surface area (Å²) in [5.41, 5.74) is 3.30. The van der Waals surface area contributed by atoms with Gasteiger partial charge in [-0.2, -0.15) is 0 Å². The highest BCUT2D eigenvalue weighted by atomic mass is 16.8. The van der Waals surface area contributed by atoms with Gasteiger partial charge in [0.1, 0.15) is 5.82 Å². The summed E-state index contributed by atoms with van der Waals surface area (Å²) in [5, 5.41) is 3.59. The van der Waals surface area contributed by atoms with Crippen LogP contribution in [-0.4, -0.2) is 53.9 Å². The van der Waals surface area contributed by atoms with Crippen molar-refractivity contribution in [3.63, 3.8) is 0 Å². The van der Waals surface area contributed by atoms with Gasteiger partial charge < -0.3 is 10.1 Å². The normalized spacial score (nSPS) is 26.1. The van der Waals surface area contributed by atoms with Crippen molar-refractivity contribution in [1.29, 1.82) is 0 Å². The predicted molar refractivity (Wildman–Crippen MR) is 117 cm³/mol. The lowest BCUT2D eigenvalue weighted by Crippen LogP contribution is -2.46. The van der Waals surface area contributed by atoms with E-state index < -0.39 is 0 Å². The zero-order valence-corrected chi connectivity index (χ0v) is 17.7. The number of amides is 1. The fourth-order valence-corrected chi connectivity index (χ4v) is 4.66. The Kier molecular flexibility index (Phi) is 7.72. The molecule has 2 aliphatic heterocycles. The summed E-state index contributed by atoms with van der Waals surface area (Å²) in [6, 6.07) is 5.20. The number of nitrogens with one attached hydrogen (secondary N) is 2. The first-order chi connectivity index (χ1) is 14.8. The molecular formula is C23H34N4O3. The summed E-state index contributed by atoms with van der Waals surface area (Å²) in [6.45, 7) is 3.03. The first kappa shape index (κ1) is 21.3. The van der Waals surface area contributed by atoms with Gasteiger partial charge in [-0.3, -0.25) is 9.69 Å². The number of aromatic nitrogens is 1. The lowest BCUT2D eigenvalue weighted by atomic mass is 10.0. The molecule has 0 bridgehead atoms. The van der Waals surface area contributed by atoms with E-state index in [1.165, 1.54) is 51.1 Å². The van der Waals surface area contributed by atoms with Gasteiger partial charge in [0, 0.05) is 43.9 Å². The average molecular weight is 415 g/mol. The van der Waals surface area contributed by atoms with Gasteiger partial charge in [-0.1, -0.05) is 12.8 Å². The number of piperidine rings is 1. The van der Waals surface area contributed by atoms with Gasteiger partial charge in [0.05, 0.1) is 0 Å². The number of nitrogens with zero attached hydrogens (tertiary/aromatic N) is 2. The molecule has 2 N–H and O–H groups in total. The van der Waals surface area contributed by atoms with Crippen molar-refractivity contribution in [3.05, 3.63) is 30.0 Å². The summed E-state index contributed by atoms with van der Waals surface area (Å²) in [4.78, 5) is 24.4. The van der Waals surface area contributed by atoms with E-state index in [0.717, 1.165) is 43.2 Å². The highest BCUT2D eigenvalue weighted by Crippen LogP contribution is 2.27. The smallest absolute Gasteiger partial charge is 0.267 e. The van der Waals surface area contributed by atoms with E-state index in [-0.39, 0.29) is 12.2 Å². The second kappa shape index (κ2) is 10.9. The predicted octanol–water partition coefficient (Wildman–Crippen LogP) is 3.49. The van der Waals surface area contributed by atoms with Crippen molar-refractivity contribution >= 4 is 17.8 Å². The molecular weight excluding hydrogens is 380 g/mol. The van der Waals surface area contributed by atoms with Crippen molar-refractivity contribution in [2.45, 2.75) is 76.2 Å². The number of hydrogen-bond donors (Lipinski definition) is 2. The Bertz CT molecular complexity index is 697. The molecule has 3 aliphatic rings. The fourth-order valence-electron chi connectivity index (χ4n) is 4.66. The first-order valence-corrected chi connectivity index (χ1v) is 11.5. The molecule has 3 fully saturated rings. The minimum Gasteiger partial charge on any atom is -0.366 e. The molecule has 1 saturated carbocycles. The second-order valence-corrected chi connectivity index (χ2v) is 8.61. The third-order valence-corrected chi connectivity index (χ3v) is 6.29. The number of ether oxygens (including phenoxy) is 1. The number of carbonyl (C=O) groups is 1. The first-order valence-electron chi connectivity index (χ1n) is 11.5. The molecule has 1 aromatic heterocycles. The largest absolute Gasteiger partial charge is 0.366 e. The zero-order chi connectivity index (χ0) is 20.6. The minimum absolute atomic E-state index is 0.305. The van der Waals surface area contributed by atoms with Gasteiger partial charge in [0.15, 0.2) is 6.29 Å². The maximum atomic E-state index is 11.9. The monoisotopic (exact) mass is 414 g/mol. The van der Waals surface area contributed by atoms with Crippen molar-refractivity contribution < 1.29 is 14.4 Å². The van der Waals surface area contributed by atoms with E-state index in [2.05, 4.69) is 20.7 Å². The quantitative estimate of drug-likeness (QED) is 0.525. The number of carbonyl (C=O) groups excluding carboxylic acids is 1. The Balaban J connectivity index is 1.21. The van der Waals surface area contributed by atoms with Crippen LogP contribution in [0.4, 0.5) is 5.82 Å². The topological polar surface area (TPSA) is 75.7 Å². The second-order valence-electron chi connectivity index (χ2n) is 8.61. The molecule has 3 heterocycles.